The largest absolute Gasteiger partial charge is 0.480 e. The minimum atomic E-state index is -4.63. The van der Waals surface area contributed by atoms with E-state index in [-0.39, 0.29) is 13.0 Å². The Morgan fingerprint density at radius 1 is 0.561 bits per heavy atom. The maximum absolute atomic E-state index is 12.6. The molecule has 0 fully saturated rings. The molecule has 3 unspecified atom stereocenters. The van der Waals surface area contributed by atoms with Crippen molar-refractivity contribution in [2.45, 2.75) is 193 Å². The van der Waals surface area contributed by atoms with Crippen LogP contribution in [0.3, 0.4) is 0 Å². The third-order valence-electron chi connectivity index (χ3n) is 9.25. The summed E-state index contributed by atoms with van der Waals surface area (Å²) in [5, 5.41) is 8.90. The number of nitrogens with two attached hydrogens (primary N) is 1. The SMILES string of the molecule is CCC/C=C\C/C=C\CCCCCCCCOCC(COP(=O)(O)OCC(N)C(=O)O)OC(=O)CCCCCCCC/C=C\C/C=C\C/C=C\CCCCCCC. The van der Waals surface area contributed by atoms with Crippen LogP contribution in [0, 0.1) is 0 Å². The molecule has 0 aliphatic carbocycles. The monoisotopic (exact) mass is 824 g/mol. The average Bonchev–Trinajstić information content (AvgIpc) is 3.19. The van der Waals surface area contributed by atoms with E-state index >= 15 is 0 Å². The molecule has 11 heteroatoms. The average molecular weight is 824 g/mol. The smallest absolute Gasteiger partial charge is 0.472 e. The number of allylic oxidation sites excluding steroid dienone is 10. The molecule has 330 valence electrons. The molecule has 0 aromatic heterocycles. The maximum atomic E-state index is 12.6. The molecular weight excluding hydrogens is 741 g/mol. The number of ether oxygens (including phenoxy) is 2. The minimum Gasteiger partial charge on any atom is -0.480 e. The van der Waals surface area contributed by atoms with E-state index in [9.17, 15) is 19.0 Å². The summed E-state index contributed by atoms with van der Waals surface area (Å²) < 4.78 is 33.3. The second-order valence-corrected chi connectivity index (χ2v) is 16.3. The number of unbranched alkanes of at least 4 members (excludes halogenated alkanes) is 18. The number of aliphatic carboxylic acids is 1. The lowest BCUT2D eigenvalue weighted by Gasteiger charge is -2.20. The van der Waals surface area contributed by atoms with Gasteiger partial charge in [0.05, 0.1) is 19.8 Å². The molecule has 0 aliphatic heterocycles. The zero-order valence-corrected chi connectivity index (χ0v) is 36.8. The molecular formula is C46H82NO9P. The summed E-state index contributed by atoms with van der Waals surface area (Å²) in [6.07, 6.45) is 49.8. The highest BCUT2D eigenvalue weighted by molar-refractivity contribution is 7.47. The van der Waals surface area contributed by atoms with Crippen molar-refractivity contribution in [3.05, 3.63) is 60.8 Å². The van der Waals surface area contributed by atoms with Crippen LogP contribution < -0.4 is 5.73 Å². The molecule has 0 aromatic carbocycles. The number of carbonyl (C=O) groups excluding carboxylic acids is 1. The molecule has 0 saturated heterocycles. The highest BCUT2D eigenvalue weighted by Gasteiger charge is 2.27. The summed E-state index contributed by atoms with van der Waals surface area (Å²) >= 11 is 0. The molecule has 0 rings (SSSR count). The molecule has 0 bridgehead atoms. The molecule has 4 N–H and O–H groups in total. The van der Waals surface area contributed by atoms with E-state index < -0.39 is 45.1 Å². The third kappa shape index (κ3) is 41.6. The Kier molecular flexibility index (Phi) is 40.1. The van der Waals surface area contributed by atoms with Gasteiger partial charge in [-0.05, 0) is 77.0 Å². The van der Waals surface area contributed by atoms with Crippen molar-refractivity contribution in [2.24, 2.45) is 5.73 Å². The first kappa shape index (κ1) is 54.7. The van der Waals surface area contributed by atoms with E-state index in [4.69, 9.17) is 29.4 Å². The molecule has 0 amide bonds. The Balaban J connectivity index is 4.26. The molecule has 0 saturated carbocycles. The van der Waals surface area contributed by atoms with Gasteiger partial charge in [0.2, 0.25) is 0 Å². The van der Waals surface area contributed by atoms with E-state index in [0.29, 0.717) is 13.0 Å². The first-order valence-corrected chi connectivity index (χ1v) is 23.8. The van der Waals surface area contributed by atoms with Crippen LogP contribution in [0.4, 0.5) is 0 Å². The Bertz CT molecular complexity index is 1140. The van der Waals surface area contributed by atoms with Crippen LogP contribution in [0.1, 0.15) is 181 Å². The lowest BCUT2D eigenvalue weighted by Crippen LogP contribution is -2.34. The van der Waals surface area contributed by atoms with Gasteiger partial charge in [-0.3, -0.25) is 18.6 Å². The van der Waals surface area contributed by atoms with Crippen molar-refractivity contribution in [3.63, 3.8) is 0 Å². The number of phosphoric acid groups is 1. The van der Waals surface area contributed by atoms with Crippen LogP contribution in [0.2, 0.25) is 0 Å². The van der Waals surface area contributed by atoms with E-state index in [1.54, 1.807) is 0 Å². The van der Waals surface area contributed by atoms with Gasteiger partial charge in [0.1, 0.15) is 12.1 Å². The number of rotatable bonds is 42. The van der Waals surface area contributed by atoms with Gasteiger partial charge in [0.15, 0.2) is 0 Å². The summed E-state index contributed by atoms with van der Waals surface area (Å²) in [6.45, 7) is 3.76. The van der Waals surface area contributed by atoms with Crippen molar-refractivity contribution in [1.29, 1.82) is 0 Å². The van der Waals surface area contributed by atoms with Crippen molar-refractivity contribution >= 4 is 19.8 Å². The highest BCUT2D eigenvalue weighted by atomic mass is 31.2. The molecule has 0 aliphatic rings. The van der Waals surface area contributed by atoms with Gasteiger partial charge in [-0.15, -0.1) is 0 Å². The number of carboxylic acids is 1. The zero-order valence-electron chi connectivity index (χ0n) is 35.9. The van der Waals surface area contributed by atoms with Gasteiger partial charge in [0, 0.05) is 13.0 Å². The Labute approximate surface area is 347 Å². The molecule has 57 heavy (non-hydrogen) atoms. The fourth-order valence-corrected chi connectivity index (χ4v) is 6.54. The zero-order chi connectivity index (χ0) is 41.9. The van der Waals surface area contributed by atoms with Gasteiger partial charge in [0.25, 0.3) is 0 Å². The predicted molar refractivity (Wildman–Crippen MR) is 235 cm³/mol. The fraction of sp³-hybridized carbons (Fsp3) is 0.739. The quantitative estimate of drug-likeness (QED) is 0.0234. The summed E-state index contributed by atoms with van der Waals surface area (Å²) in [7, 11) is -4.63. The second-order valence-electron chi connectivity index (χ2n) is 14.8. The van der Waals surface area contributed by atoms with Gasteiger partial charge < -0.3 is 25.2 Å². The van der Waals surface area contributed by atoms with Crippen LogP contribution in [0.15, 0.2) is 60.8 Å². The Morgan fingerprint density at radius 2 is 1.00 bits per heavy atom. The molecule has 0 heterocycles. The van der Waals surface area contributed by atoms with Crippen LogP contribution in [-0.4, -0.2) is 60.5 Å². The van der Waals surface area contributed by atoms with Crippen LogP contribution >= 0.6 is 7.82 Å². The van der Waals surface area contributed by atoms with Crippen molar-refractivity contribution in [3.8, 4) is 0 Å². The molecule has 0 aromatic rings. The summed E-state index contributed by atoms with van der Waals surface area (Å²) in [6, 6.07) is -1.48. The number of esters is 1. The number of phosphoric ester groups is 1. The fourth-order valence-electron chi connectivity index (χ4n) is 5.77. The van der Waals surface area contributed by atoms with Gasteiger partial charge >= 0.3 is 19.8 Å². The number of carbonyl (C=O) groups is 2. The van der Waals surface area contributed by atoms with E-state index in [0.717, 1.165) is 89.9 Å². The molecule has 3 atom stereocenters. The van der Waals surface area contributed by atoms with Crippen LogP contribution in [-0.2, 0) is 32.7 Å². The topological polar surface area (TPSA) is 155 Å². The number of hydrogen-bond donors (Lipinski definition) is 3. The maximum Gasteiger partial charge on any atom is 0.472 e. The van der Waals surface area contributed by atoms with Crippen LogP contribution in [0.5, 0.6) is 0 Å². The van der Waals surface area contributed by atoms with Gasteiger partial charge in [-0.1, -0.05) is 158 Å². The first-order valence-electron chi connectivity index (χ1n) is 22.3. The summed E-state index contributed by atoms with van der Waals surface area (Å²) in [5.74, 6) is -1.80. The van der Waals surface area contributed by atoms with Crippen molar-refractivity contribution in [1.82, 2.24) is 0 Å². The third-order valence-corrected chi connectivity index (χ3v) is 10.2. The van der Waals surface area contributed by atoms with Crippen LogP contribution in [0.25, 0.3) is 0 Å². The lowest BCUT2D eigenvalue weighted by atomic mass is 10.1. The van der Waals surface area contributed by atoms with Gasteiger partial charge in [-0.2, -0.15) is 0 Å². The van der Waals surface area contributed by atoms with E-state index in [1.807, 2.05) is 0 Å². The van der Waals surface area contributed by atoms with E-state index in [2.05, 4.69) is 74.6 Å². The van der Waals surface area contributed by atoms with Gasteiger partial charge in [-0.25, -0.2) is 4.57 Å². The summed E-state index contributed by atoms with van der Waals surface area (Å²) in [4.78, 5) is 33.5. The predicted octanol–water partition coefficient (Wildman–Crippen LogP) is 12.4. The lowest BCUT2D eigenvalue weighted by molar-refractivity contribution is -0.154. The van der Waals surface area contributed by atoms with E-state index in [1.165, 1.54) is 64.2 Å². The van der Waals surface area contributed by atoms with Crippen molar-refractivity contribution in [2.75, 3.05) is 26.4 Å². The molecule has 10 nitrogen and oxygen atoms in total. The molecule has 0 radical (unpaired) electrons. The normalized spacial score (nSPS) is 14.5. The second kappa shape index (κ2) is 41.8. The number of hydrogen-bond acceptors (Lipinski definition) is 8. The van der Waals surface area contributed by atoms with Crippen molar-refractivity contribution < 1.29 is 42.7 Å². The Hall–Kier alpha value is -2.33. The minimum absolute atomic E-state index is 0.00172. The number of carboxylic acid groups (broad SMARTS) is 1. The standard InChI is InChI=1S/C46H82NO9P/c1-3-5-7-9-11-13-15-17-19-20-21-22-23-24-25-26-28-30-32-34-36-38-45(48)56-43(41-54-57(51,52)55-42-44(47)46(49)50)40-53-39-37-35-33-31-29-27-18-16-14-12-10-8-6-4-2/h8,10,14-17,20-21,23-24,43-44H,3-7,9,11-13,18-19,22,25-42,47H2,1-2H3,(H,49,50)(H,51,52)/b10-8-,16-14-,17-15-,21-20-,24-23-. The first-order chi connectivity index (χ1) is 27.7. The summed E-state index contributed by atoms with van der Waals surface area (Å²) in [5.41, 5.74) is 5.35. The Morgan fingerprint density at radius 3 is 1.51 bits per heavy atom. The molecule has 0 spiro atoms. The highest BCUT2D eigenvalue weighted by Crippen LogP contribution is 2.43.